The number of carboxylic acids is 1. The van der Waals surface area contributed by atoms with Gasteiger partial charge >= 0.3 is 12.0 Å². The molecule has 0 aromatic rings. The van der Waals surface area contributed by atoms with Crippen LogP contribution in [0.25, 0.3) is 0 Å². The molecule has 0 radical (unpaired) electrons. The largest absolute Gasteiger partial charge is 0.481 e. The van der Waals surface area contributed by atoms with Gasteiger partial charge < -0.3 is 19.6 Å². The molecule has 6 heteroatoms. The van der Waals surface area contributed by atoms with E-state index in [1.54, 1.807) is 4.90 Å². The van der Waals surface area contributed by atoms with E-state index in [2.05, 4.69) is 0 Å². The summed E-state index contributed by atoms with van der Waals surface area (Å²) in [5.74, 6) is -0.883. The fourth-order valence-electron chi connectivity index (χ4n) is 3.24. The first kappa shape index (κ1) is 16.1. The van der Waals surface area contributed by atoms with Gasteiger partial charge in [-0.2, -0.15) is 0 Å². The van der Waals surface area contributed by atoms with Crippen molar-refractivity contribution in [2.75, 3.05) is 26.7 Å². The maximum Gasteiger partial charge on any atom is 0.320 e. The van der Waals surface area contributed by atoms with Gasteiger partial charge in [0.15, 0.2) is 0 Å². The molecule has 1 atom stereocenters. The lowest BCUT2D eigenvalue weighted by Crippen LogP contribution is -2.52. The molecular weight excluding hydrogens is 272 g/mol. The van der Waals surface area contributed by atoms with Gasteiger partial charge in [-0.1, -0.05) is 25.7 Å². The maximum atomic E-state index is 12.6. The zero-order valence-electron chi connectivity index (χ0n) is 12.8. The van der Waals surface area contributed by atoms with Crippen LogP contribution >= 0.6 is 0 Å². The predicted octanol–water partition coefficient (Wildman–Crippen LogP) is 1.94. The normalized spacial score (nSPS) is 24.4. The van der Waals surface area contributed by atoms with Gasteiger partial charge in [0.25, 0.3) is 0 Å². The zero-order valence-corrected chi connectivity index (χ0v) is 12.8. The number of morpholine rings is 1. The molecule has 0 aromatic heterocycles. The Hall–Kier alpha value is -1.30. The van der Waals surface area contributed by atoms with Gasteiger partial charge in [-0.25, -0.2) is 4.79 Å². The van der Waals surface area contributed by atoms with Crippen molar-refractivity contribution in [2.45, 2.75) is 57.1 Å². The lowest BCUT2D eigenvalue weighted by Gasteiger charge is -2.37. The van der Waals surface area contributed by atoms with Gasteiger partial charge in [0.1, 0.15) is 0 Å². The molecule has 2 fully saturated rings. The first-order valence-corrected chi connectivity index (χ1v) is 7.93. The van der Waals surface area contributed by atoms with E-state index in [1.165, 1.54) is 25.7 Å². The van der Waals surface area contributed by atoms with E-state index in [4.69, 9.17) is 9.84 Å². The van der Waals surface area contributed by atoms with Crippen LogP contribution in [0.4, 0.5) is 4.79 Å². The van der Waals surface area contributed by atoms with E-state index in [0.717, 1.165) is 12.8 Å². The van der Waals surface area contributed by atoms with Crippen molar-refractivity contribution in [1.29, 1.82) is 0 Å². The van der Waals surface area contributed by atoms with Crippen LogP contribution in [0.1, 0.15) is 44.9 Å². The number of hydrogen-bond donors (Lipinski definition) is 1. The lowest BCUT2D eigenvalue weighted by atomic mass is 10.1. The van der Waals surface area contributed by atoms with Crippen LogP contribution in [0.15, 0.2) is 0 Å². The second-order valence-corrected chi connectivity index (χ2v) is 6.08. The molecule has 1 saturated carbocycles. The van der Waals surface area contributed by atoms with E-state index in [0.29, 0.717) is 25.7 Å². The number of carboxylic acid groups (broad SMARTS) is 1. The van der Waals surface area contributed by atoms with Crippen molar-refractivity contribution in [1.82, 2.24) is 9.80 Å². The molecule has 2 amide bonds. The third-order valence-electron chi connectivity index (χ3n) is 4.49. The molecule has 120 valence electrons. The van der Waals surface area contributed by atoms with Crippen LogP contribution in [0.5, 0.6) is 0 Å². The van der Waals surface area contributed by atoms with Crippen molar-refractivity contribution in [3.05, 3.63) is 0 Å². The van der Waals surface area contributed by atoms with Gasteiger partial charge in [-0.05, 0) is 12.8 Å². The third kappa shape index (κ3) is 4.59. The van der Waals surface area contributed by atoms with Crippen molar-refractivity contribution in [3.63, 3.8) is 0 Å². The molecule has 2 aliphatic rings. The van der Waals surface area contributed by atoms with Crippen LogP contribution in [-0.4, -0.2) is 65.8 Å². The third-order valence-corrected chi connectivity index (χ3v) is 4.49. The molecule has 2 rings (SSSR count). The van der Waals surface area contributed by atoms with E-state index in [-0.39, 0.29) is 18.6 Å². The van der Waals surface area contributed by atoms with Gasteiger partial charge in [0.05, 0.1) is 19.1 Å². The molecule has 1 unspecified atom stereocenters. The Morgan fingerprint density at radius 2 is 1.90 bits per heavy atom. The van der Waals surface area contributed by atoms with Crippen LogP contribution < -0.4 is 0 Å². The molecule has 1 heterocycles. The Morgan fingerprint density at radius 3 is 2.52 bits per heavy atom. The maximum absolute atomic E-state index is 12.6. The summed E-state index contributed by atoms with van der Waals surface area (Å²) in [7, 11) is 1.87. The first-order chi connectivity index (χ1) is 10.1. The van der Waals surface area contributed by atoms with Crippen LogP contribution in [0, 0.1) is 0 Å². The van der Waals surface area contributed by atoms with Gasteiger partial charge in [-0.15, -0.1) is 0 Å². The number of aliphatic carboxylic acids is 1. The number of rotatable bonds is 3. The van der Waals surface area contributed by atoms with Crippen molar-refractivity contribution in [2.24, 2.45) is 0 Å². The summed E-state index contributed by atoms with van der Waals surface area (Å²) in [5.41, 5.74) is 0. The quantitative estimate of drug-likeness (QED) is 0.808. The number of ether oxygens (including phenoxy) is 1. The Kier molecular flexibility index (Phi) is 5.85. The summed E-state index contributed by atoms with van der Waals surface area (Å²) in [6.07, 6.45) is 6.61. The van der Waals surface area contributed by atoms with E-state index < -0.39 is 5.97 Å². The van der Waals surface area contributed by atoms with E-state index in [1.807, 2.05) is 11.9 Å². The average Bonchev–Trinajstić information content (AvgIpc) is 2.74. The highest BCUT2D eigenvalue weighted by Gasteiger charge is 2.30. The first-order valence-electron chi connectivity index (χ1n) is 7.93. The Morgan fingerprint density at radius 1 is 1.24 bits per heavy atom. The Labute approximate surface area is 126 Å². The highest BCUT2D eigenvalue weighted by molar-refractivity contribution is 5.75. The average molecular weight is 298 g/mol. The molecule has 0 bridgehead atoms. The van der Waals surface area contributed by atoms with Crippen molar-refractivity contribution < 1.29 is 19.4 Å². The number of nitrogens with zero attached hydrogens (tertiary/aromatic N) is 2. The molecule has 0 spiro atoms. The summed E-state index contributed by atoms with van der Waals surface area (Å²) in [4.78, 5) is 27.0. The molecular formula is C15H26N2O4. The van der Waals surface area contributed by atoms with Crippen molar-refractivity contribution >= 4 is 12.0 Å². The van der Waals surface area contributed by atoms with Gasteiger partial charge in [-0.3, -0.25) is 4.79 Å². The van der Waals surface area contributed by atoms with E-state index >= 15 is 0 Å². The molecule has 21 heavy (non-hydrogen) atoms. The summed E-state index contributed by atoms with van der Waals surface area (Å²) in [6.45, 7) is 1.34. The Bertz CT molecular complexity index is 367. The summed E-state index contributed by atoms with van der Waals surface area (Å²) >= 11 is 0. The smallest absolute Gasteiger partial charge is 0.320 e. The number of urea groups is 1. The van der Waals surface area contributed by atoms with Gasteiger partial charge in [0, 0.05) is 26.2 Å². The zero-order chi connectivity index (χ0) is 15.2. The minimum atomic E-state index is -0.883. The Balaban J connectivity index is 1.89. The number of amides is 2. The highest BCUT2D eigenvalue weighted by atomic mass is 16.5. The monoisotopic (exact) mass is 298 g/mol. The molecule has 6 nitrogen and oxygen atoms in total. The predicted molar refractivity (Wildman–Crippen MR) is 78.2 cm³/mol. The topological polar surface area (TPSA) is 70.1 Å². The molecule has 1 aliphatic carbocycles. The van der Waals surface area contributed by atoms with Gasteiger partial charge in [0.2, 0.25) is 0 Å². The van der Waals surface area contributed by atoms with Crippen LogP contribution in [0.2, 0.25) is 0 Å². The summed E-state index contributed by atoms with van der Waals surface area (Å²) in [6, 6.07) is 0.335. The minimum absolute atomic E-state index is 0.0144. The minimum Gasteiger partial charge on any atom is -0.481 e. The molecule has 0 aromatic carbocycles. The summed E-state index contributed by atoms with van der Waals surface area (Å²) in [5, 5.41) is 8.84. The molecule has 1 N–H and O–H groups in total. The molecule has 1 aliphatic heterocycles. The fourth-order valence-corrected chi connectivity index (χ4v) is 3.24. The van der Waals surface area contributed by atoms with Crippen LogP contribution in [0.3, 0.4) is 0 Å². The highest BCUT2D eigenvalue weighted by Crippen LogP contribution is 2.22. The number of carbonyl (C=O) groups excluding carboxylic acids is 1. The van der Waals surface area contributed by atoms with Crippen LogP contribution in [-0.2, 0) is 9.53 Å². The van der Waals surface area contributed by atoms with E-state index in [9.17, 15) is 9.59 Å². The SMILES string of the molecule is CN(C(=O)N1CCOC(CC(=O)O)C1)C1CCCCCC1. The second kappa shape index (κ2) is 7.64. The second-order valence-electron chi connectivity index (χ2n) is 6.08. The fraction of sp³-hybridized carbons (Fsp3) is 0.867. The lowest BCUT2D eigenvalue weighted by molar-refractivity contribution is -0.141. The number of carbonyl (C=O) groups is 2. The number of hydrogen-bond acceptors (Lipinski definition) is 3. The molecule has 1 saturated heterocycles. The standard InChI is InChI=1S/C15H26N2O4/c1-16(12-6-4-2-3-5-7-12)15(20)17-8-9-21-13(11-17)10-14(18)19/h12-13H,2-11H2,1H3,(H,18,19). The summed E-state index contributed by atoms with van der Waals surface area (Å²) < 4.78 is 5.42. The van der Waals surface area contributed by atoms with Crippen molar-refractivity contribution in [3.8, 4) is 0 Å².